The fraction of sp³-hybridized carbons (Fsp3) is 0.625. The van der Waals surface area contributed by atoms with Crippen LogP contribution in [0.5, 0.6) is 0 Å². The smallest absolute Gasteiger partial charge is 0.240 e. The molecular weight excluding hydrogens is 264 g/mol. The monoisotopic (exact) mass is 286 g/mol. The number of carbonyl (C=O) groups excluding carboxylic acids is 1. The quantitative estimate of drug-likeness (QED) is 0.843. The number of nitrogens with two attached hydrogens (primary N) is 1. The third-order valence-corrected chi connectivity index (χ3v) is 5.01. The van der Waals surface area contributed by atoms with Crippen molar-refractivity contribution in [3.8, 4) is 0 Å². The van der Waals surface area contributed by atoms with Gasteiger partial charge in [-0.05, 0) is 62.9 Å². The highest BCUT2D eigenvalue weighted by atomic mass is 16.2. The van der Waals surface area contributed by atoms with Crippen molar-refractivity contribution >= 4 is 5.91 Å². The highest BCUT2D eigenvalue weighted by Crippen LogP contribution is 2.46. The van der Waals surface area contributed by atoms with E-state index >= 15 is 0 Å². The van der Waals surface area contributed by atoms with E-state index in [2.05, 4.69) is 27.3 Å². The van der Waals surface area contributed by atoms with Gasteiger partial charge < -0.3 is 11.1 Å². The molecule has 1 aromatic rings. The van der Waals surface area contributed by atoms with Crippen molar-refractivity contribution in [3.05, 3.63) is 29.6 Å². The highest BCUT2D eigenvalue weighted by Gasteiger charge is 2.53. The zero-order valence-corrected chi connectivity index (χ0v) is 12.3. The number of hydrogen-bond acceptors (Lipinski definition) is 4. The second-order valence-corrected chi connectivity index (χ2v) is 6.87. The van der Waals surface area contributed by atoms with Gasteiger partial charge >= 0.3 is 0 Å². The summed E-state index contributed by atoms with van der Waals surface area (Å²) in [6.45, 7) is 3.37. The summed E-state index contributed by atoms with van der Waals surface area (Å²) in [5.74, 6) is -0.00468. The minimum atomic E-state index is -0.606. The van der Waals surface area contributed by atoms with Crippen molar-refractivity contribution in [3.63, 3.8) is 0 Å². The van der Waals surface area contributed by atoms with Crippen molar-refractivity contribution in [1.82, 2.24) is 15.2 Å². The zero-order chi connectivity index (χ0) is 14.5. The molecule has 0 atom stereocenters. The Labute approximate surface area is 124 Å². The van der Waals surface area contributed by atoms with Crippen molar-refractivity contribution in [2.75, 3.05) is 13.1 Å². The Hall–Kier alpha value is -1.46. The Kier molecular flexibility index (Phi) is 2.84. The predicted octanol–water partition coefficient (Wildman–Crippen LogP) is 0.884. The van der Waals surface area contributed by atoms with Gasteiger partial charge in [-0.25, -0.2) is 0 Å². The molecule has 0 radical (unpaired) electrons. The number of amides is 1. The van der Waals surface area contributed by atoms with Gasteiger partial charge in [-0.15, -0.1) is 0 Å². The number of pyridine rings is 1. The molecule has 21 heavy (non-hydrogen) atoms. The van der Waals surface area contributed by atoms with Gasteiger partial charge in [-0.2, -0.15) is 0 Å². The van der Waals surface area contributed by atoms with Crippen molar-refractivity contribution in [2.45, 2.75) is 49.7 Å². The molecule has 0 spiro atoms. The van der Waals surface area contributed by atoms with Crippen LogP contribution in [0.25, 0.3) is 0 Å². The summed E-state index contributed by atoms with van der Waals surface area (Å²) in [6, 6.07) is 4.23. The third-order valence-electron chi connectivity index (χ3n) is 5.01. The molecule has 0 bridgehead atoms. The number of nitrogens with zero attached hydrogens (tertiary/aromatic N) is 2. The maximum absolute atomic E-state index is 12.2. The lowest BCUT2D eigenvalue weighted by molar-refractivity contribution is -0.124. The van der Waals surface area contributed by atoms with E-state index in [-0.39, 0.29) is 11.4 Å². The SMILES string of the molecule is NC1(C(=O)NC2(c3cc(CN4CCC4)ccn3)CC2)CC1. The van der Waals surface area contributed by atoms with E-state index in [0.717, 1.165) is 37.9 Å². The van der Waals surface area contributed by atoms with Crippen LogP contribution in [0.1, 0.15) is 43.4 Å². The standard InChI is InChI=1S/C16H22N4O/c17-15(3-4-15)14(21)19-16(5-6-16)13-10-12(2-7-18-13)11-20-8-1-9-20/h2,7,10H,1,3-6,8-9,11,17H2,(H,19,21). The molecule has 1 amide bonds. The van der Waals surface area contributed by atoms with E-state index in [1.807, 2.05) is 6.20 Å². The lowest BCUT2D eigenvalue weighted by Gasteiger charge is -2.31. The van der Waals surface area contributed by atoms with Crippen LogP contribution in [0.4, 0.5) is 0 Å². The molecule has 3 aliphatic rings. The molecule has 112 valence electrons. The Bertz CT molecular complexity index is 573. The van der Waals surface area contributed by atoms with E-state index in [1.54, 1.807) is 0 Å². The Balaban J connectivity index is 1.49. The number of rotatable bonds is 5. The second-order valence-electron chi connectivity index (χ2n) is 6.87. The van der Waals surface area contributed by atoms with Gasteiger partial charge in [0, 0.05) is 12.7 Å². The summed E-state index contributed by atoms with van der Waals surface area (Å²) >= 11 is 0. The maximum Gasteiger partial charge on any atom is 0.240 e. The number of nitrogens with one attached hydrogen (secondary N) is 1. The zero-order valence-electron chi connectivity index (χ0n) is 12.3. The van der Waals surface area contributed by atoms with E-state index in [0.29, 0.717) is 0 Å². The van der Waals surface area contributed by atoms with Gasteiger partial charge in [-0.1, -0.05) is 0 Å². The minimum absolute atomic E-state index is 0.00468. The molecule has 2 aliphatic carbocycles. The van der Waals surface area contributed by atoms with Crippen LogP contribution in [-0.4, -0.2) is 34.4 Å². The van der Waals surface area contributed by atoms with Crippen molar-refractivity contribution < 1.29 is 4.79 Å². The molecule has 3 N–H and O–H groups in total. The van der Waals surface area contributed by atoms with Crippen LogP contribution in [0.2, 0.25) is 0 Å². The average Bonchev–Trinajstić information content (AvgIpc) is 3.33. The summed E-state index contributed by atoms with van der Waals surface area (Å²) in [4.78, 5) is 19.1. The van der Waals surface area contributed by atoms with E-state index in [1.165, 1.54) is 25.1 Å². The molecule has 2 saturated carbocycles. The first kappa shape index (κ1) is 13.2. The highest BCUT2D eigenvalue weighted by molar-refractivity contribution is 5.90. The molecule has 1 aliphatic heterocycles. The predicted molar refractivity (Wildman–Crippen MR) is 79.3 cm³/mol. The molecule has 5 nitrogen and oxygen atoms in total. The maximum atomic E-state index is 12.2. The third kappa shape index (κ3) is 2.45. The van der Waals surface area contributed by atoms with Crippen LogP contribution in [0, 0.1) is 0 Å². The first-order valence-electron chi connectivity index (χ1n) is 7.89. The number of likely N-dealkylation sites (tertiary alicyclic amines) is 1. The molecule has 1 saturated heterocycles. The van der Waals surface area contributed by atoms with Gasteiger partial charge in [0.05, 0.1) is 16.8 Å². The van der Waals surface area contributed by atoms with Crippen molar-refractivity contribution in [1.29, 1.82) is 0 Å². The number of carbonyl (C=O) groups is 1. The van der Waals surface area contributed by atoms with Crippen LogP contribution in [-0.2, 0) is 16.9 Å². The summed E-state index contributed by atoms with van der Waals surface area (Å²) in [5.41, 5.74) is 7.41. The molecule has 3 fully saturated rings. The Morgan fingerprint density at radius 2 is 2.10 bits per heavy atom. The topological polar surface area (TPSA) is 71.2 Å². The summed E-state index contributed by atoms with van der Waals surface area (Å²) in [5, 5.41) is 3.15. The average molecular weight is 286 g/mol. The molecule has 0 aromatic carbocycles. The van der Waals surface area contributed by atoms with Gasteiger partial charge in [0.1, 0.15) is 0 Å². The molecular formula is C16H22N4O. The minimum Gasteiger partial charge on any atom is -0.343 e. The molecule has 4 rings (SSSR count). The molecule has 5 heteroatoms. The number of hydrogen-bond donors (Lipinski definition) is 2. The van der Waals surface area contributed by atoms with Crippen LogP contribution in [0.3, 0.4) is 0 Å². The first-order chi connectivity index (χ1) is 10.1. The summed E-state index contributed by atoms with van der Waals surface area (Å²) in [7, 11) is 0. The summed E-state index contributed by atoms with van der Waals surface area (Å²) in [6.07, 6.45) is 6.71. The Morgan fingerprint density at radius 1 is 1.33 bits per heavy atom. The van der Waals surface area contributed by atoms with Gasteiger partial charge in [-0.3, -0.25) is 14.7 Å². The second kappa shape index (κ2) is 4.52. The molecule has 0 unspecified atom stereocenters. The normalized spacial score (nSPS) is 25.0. The fourth-order valence-electron chi connectivity index (χ4n) is 2.91. The van der Waals surface area contributed by atoms with E-state index in [9.17, 15) is 4.79 Å². The van der Waals surface area contributed by atoms with Crippen LogP contribution < -0.4 is 11.1 Å². The van der Waals surface area contributed by atoms with Gasteiger partial charge in [0.25, 0.3) is 0 Å². The van der Waals surface area contributed by atoms with Crippen LogP contribution in [0.15, 0.2) is 18.3 Å². The lowest BCUT2D eigenvalue weighted by Crippen LogP contribution is -2.47. The Morgan fingerprint density at radius 3 is 2.67 bits per heavy atom. The molecule has 2 heterocycles. The van der Waals surface area contributed by atoms with E-state index in [4.69, 9.17) is 5.73 Å². The molecule has 1 aromatic heterocycles. The van der Waals surface area contributed by atoms with E-state index < -0.39 is 5.54 Å². The van der Waals surface area contributed by atoms with Gasteiger partial charge in [0.15, 0.2) is 0 Å². The fourth-order valence-corrected chi connectivity index (χ4v) is 2.91. The van der Waals surface area contributed by atoms with Crippen molar-refractivity contribution in [2.24, 2.45) is 5.73 Å². The summed E-state index contributed by atoms with van der Waals surface area (Å²) < 4.78 is 0. The number of aromatic nitrogens is 1. The van der Waals surface area contributed by atoms with Crippen LogP contribution >= 0.6 is 0 Å². The first-order valence-corrected chi connectivity index (χ1v) is 7.89. The van der Waals surface area contributed by atoms with Gasteiger partial charge in [0.2, 0.25) is 5.91 Å². The largest absolute Gasteiger partial charge is 0.343 e. The lowest BCUT2D eigenvalue weighted by atomic mass is 10.1.